The van der Waals surface area contributed by atoms with Crippen LogP contribution in [0.1, 0.15) is 6.42 Å². The van der Waals surface area contributed by atoms with E-state index in [2.05, 4.69) is 28.5 Å². The number of carbonyl (C=O) groups excluding carboxylic acids is 3. The summed E-state index contributed by atoms with van der Waals surface area (Å²) in [4.78, 5) is 33.5. The monoisotopic (exact) mass is 316 g/mol. The van der Waals surface area contributed by atoms with E-state index >= 15 is 0 Å². The maximum atomic E-state index is 11.5. The Morgan fingerprint density at radius 1 is 0.952 bits per heavy atom. The van der Waals surface area contributed by atoms with Gasteiger partial charge in [-0.1, -0.05) is 37.1 Å². The summed E-state index contributed by atoms with van der Waals surface area (Å²) >= 11 is 1.07. The quantitative estimate of drug-likeness (QED) is 0.468. The van der Waals surface area contributed by atoms with Crippen LogP contribution in [0.4, 0.5) is 9.59 Å². The Hall–Kier alpha value is -1.96. The molecule has 0 heterocycles. The number of ether oxygens (including phenoxy) is 2. The fraction of sp³-hybridized carbons (Fsp3) is 0.462. The first-order valence-electron chi connectivity index (χ1n) is 6.28. The third-order valence-corrected chi connectivity index (χ3v) is 2.83. The van der Waals surface area contributed by atoms with Crippen LogP contribution in [0, 0.1) is 0 Å². The second kappa shape index (κ2) is 13.0. The van der Waals surface area contributed by atoms with Crippen LogP contribution < -0.4 is 10.6 Å². The van der Waals surface area contributed by atoms with Gasteiger partial charge in [0.05, 0.1) is 0 Å². The summed E-state index contributed by atoms with van der Waals surface area (Å²) < 4.78 is 9.37. The molecule has 0 saturated heterocycles. The minimum atomic E-state index is -0.584. The normalized spacial score (nSPS) is 9.33. The highest BCUT2D eigenvalue weighted by Gasteiger charge is 2.06. The van der Waals surface area contributed by atoms with E-state index in [0.29, 0.717) is 12.3 Å². The van der Waals surface area contributed by atoms with Crippen LogP contribution in [-0.2, 0) is 14.3 Å². The highest BCUT2D eigenvalue weighted by atomic mass is 32.2. The van der Waals surface area contributed by atoms with Crippen molar-refractivity contribution in [2.45, 2.75) is 6.42 Å². The van der Waals surface area contributed by atoms with Crippen LogP contribution in [0.15, 0.2) is 25.3 Å². The smallest absolute Gasteiger partial charge is 0.407 e. The summed E-state index contributed by atoms with van der Waals surface area (Å²) in [5.41, 5.74) is 0. The van der Waals surface area contributed by atoms with Gasteiger partial charge < -0.3 is 20.1 Å². The number of thioether (sulfide) groups is 1. The van der Waals surface area contributed by atoms with Crippen LogP contribution in [0.2, 0.25) is 0 Å². The third kappa shape index (κ3) is 12.8. The minimum Gasteiger partial charge on any atom is -0.445 e. The Labute approximate surface area is 128 Å². The Morgan fingerprint density at radius 3 is 2.00 bits per heavy atom. The van der Waals surface area contributed by atoms with Gasteiger partial charge in [-0.15, -0.1) is 0 Å². The molecule has 0 fully saturated rings. The number of hydrogen-bond acceptors (Lipinski definition) is 6. The molecule has 7 nitrogen and oxygen atoms in total. The molecule has 0 aliphatic rings. The first-order chi connectivity index (χ1) is 10.1. The van der Waals surface area contributed by atoms with Gasteiger partial charge in [0.15, 0.2) is 5.12 Å². The van der Waals surface area contributed by atoms with Crippen LogP contribution in [0.5, 0.6) is 0 Å². The second-order valence-corrected chi connectivity index (χ2v) is 4.75. The molecule has 0 unspecified atom stereocenters. The van der Waals surface area contributed by atoms with Crippen molar-refractivity contribution in [3.05, 3.63) is 25.3 Å². The van der Waals surface area contributed by atoms with Crippen LogP contribution >= 0.6 is 11.8 Å². The molecular weight excluding hydrogens is 296 g/mol. The van der Waals surface area contributed by atoms with Crippen molar-refractivity contribution >= 4 is 29.1 Å². The van der Waals surface area contributed by atoms with E-state index in [1.807, 2.05) is 0 Å². The first-order valence-corrected chi connectivity index (χ1v) is 7.27. The Kier molecular flexibility index (Phi) is 11.8. The van der Waals surface area contributed by atoms with Gasteiger partial charge in [-0.25, -0.2) is 9.59 Å². The Bertz CT molecular complexity index is 374. The lowest BCUT2D eigenvalue weighted by Gasteiger charge is -2.06. The molecule has 0 saturated carbocycles. The van der Waals surface area contributed by atoms with Crippen molar-refractivity contribution in [1.29, 1.82) is 0 Å². The molecule has 0 aliphatic heterocycles. The minimum absolute atomic E-state index is 0.0831. The number of alkyl carbamates (subject to hydrolysis) is 2. The highest BCUT2D eigenvalue weighted by molar-refractivity contribution is 8.13. The number of hydrogen-bond donors (Lipinski definition) is 2. The predicted octanol–water partition coefficient (Wildman–Crippen LogP) is 1.46. The maximum Gasteiger partial charge on any atom is 0.407 e. The number of rotatable bonds is 10. The molecule has 0 aliphatic carbocycles. The summed E-state index contributed by atoms with van der Waals surface area (Å²) in [6.45, 7) is 7.61. The SMILES string of the molecule is C=CCOC(=O)NCCSC(=O)CCNC(=O)OCC=C. The van der Waals surface area contributed by atoms with Gasteiger partial charge in [0, 0.05) is 25.3 Å². The van der Waals surface area contributed by atoms with Crippen LogP contribution in [-0.4, -0.2) is 49.4 Å². The zero-order valence-electron chi connectivity index (χ0n) is 11.8. The number of nitrogens with one attached hydrogen (secondary N) is 2. The highest BCUT2D eigenvalue weighted by Crippen LogP contribution is 2.03. The summed E-state index contributed by atoms with van der Waals surface area (Å²) in [5.74, 6) is 0.433. The van der Waals surface area contributed by atoms with Gasteiger partial charge in [-0.3, -0.25) is 4.79 Å². The molecule has 0 rings (SSSR count). The molecule has 118 valence electrons. The van der Waals surface area contributed by atoms with Gasteiger partial charge in [-0.2, -0.15) is 0 Å². The molecule has 0 atom stereocenters. The van der Waals surface area contributed by atoms with Gasteiger partial charge in [0.1, 0.15) is 13.2 Å². The first kappa shape index (κ1) is 19.0. The van der Waals surface area contributed by atoms with E-state index in [4.69, 9.17) is 4.74 Å². The lowest BCUT2D eigenvalue weighted by molar-refractivity contribution is -0.110. The molecule has 8 heteroatoms. The molecule has 0 spiro atoms. The van der Waals surface area contributed by atoms with Crippen LogP contribution in [0.3, 0.4) is 0 Å². The van der Waals surface area contributed by atoms with E-state index in [9.17, 15) is 14.4 Å². The number of carbonyl (C=O) groups is 3. The fourth-order valence-corrected chi connectivity index (χ4v) is 1.71. The van der Waals surface area contributed by atoms with Gasteiger partial charge in [0.25, 0.3) is 0 Å². The second-order valence-electron chi connectivity index (χ2n) is 3.60. The molecule has 21 heavy (non-hydrogen) atoms. The Balaban J connectivity index is 3.50. The van der Waals surface area contributed by atoms with Crippen molar-refractivity contribution < 1.29 is 23.9 Å². The lowest BCUT2D eigenvalue weighted by Crippen LogP contribution is -2.28. The number of amides is 2. The summed E-state index contributed by atoms with van der Waals surface area (Å²) in [5, 5.41) is 4.84. The summed E-state index contributed by atoms with van der Waals surface area (Å²) in [6.07, 6.45) is 1.97. The molecule has 2 N–H and O–H groups in total. The maximum absolute atomic E-state index is 11.5. The van der Waals surface area contributed by atoms with E-state index in [-0.39, 0.29) is 31.3 Å². The van der Waals surface area contributed by atoms with Crippen molar-refractivity contribution in [3.63, 3.8) is 0 Å². The van der Waals surface area contributed by atoms with Crippen molar-refractivity contribution in [3.8, 4) is 0 Å². The predicted molar refractivity (Wildman–Crippen MR) is 81.2 cm³/mol. The average molecular weight is 316 g/mol. The van der Waals surface area contributed by atoms with Crippen molar-refractivity contribution in [2.75, 3.05) is 32.1 Å². The average Bonchev–Trinajstić information content (AvgIpc) is 2.47. The Morgan fingerprint density at radius 2 is 1.48 bits per heavy atom. The molecule has 0 radical (unpaired) electrons. The standard InChI is InChI=1S/C13H20N2O5S/c1-3-8-19-12(17)14-6-5-11(16)21-10-7-15-13(18)20-9-4-2/h3-4H,1-2,5-10H2,(H,14,17)(H,15,18). The summed E-state index contributed by atoms with van der Waals surface area (Å²) in [7, 11) is 0. The fourth-order valence-electron chi connectivity index (χ4n) is 1.03. The van der Waals surface area contributed by atoms with Crippen molar-refractivity contribution in [1.82, 2.24) is 10.6 Å². The molecule has 2 amide bonds. The van der Waals surface area contributed by atoms with E-state index in [1.165, 1.54) is 12.2 Å². The molecule has 0 aromatic rings. The molecule has 0 bridgehead atoms. The lowest BCUT2D eigenvalue weighted by atomic mass is 10.5. The zero-order valence-corrected chi connectivity index (χ0v) is 12.6. The van der Waals surface area contributed by atoms with Crippen molar-refractivity contribution in [2.24, 2.45) is 0 Å². The third-order valence-electron chi connectivity index (χ3n) is 1.90. The largest absolute Gasteiger partial charge is 0.445 e. The van der Waals surface area contributed by atoms with E-state index < -0.39 is 12.2 Å². The molecular formula is C13H20N2O5S. The van der Waals surface area contributed by atoms with E-state index in [0.717, 1.165) is 11.8 Å². The van der Waals surface area contributed by atoms with Gasteiger partial charge >= 0.3 is 12.2 Å². The molecule has 0 aromatic heterocycles. The summed E-state index contributed by atoms with van der Waals surface area (Å²) in [6, 6.07) is 0. The topological polar surface area (TPSA) is 93.7 Å². The van der Waals surface area contributed by atoms with Crippen LogP contribution in [0.25, 0.3) is 0 Å². The molecule has 0 aromatic carbocycles. The van der Waals surface area contributed by atoms with E-state index in [1.54, 1.807) is 0 Å². The zero-order chi connectivity index (χ0) is 15.9. The van der Waals surface area contributed by atoms with Gasteiger partial charge in [0.2, 0.25) is 0 Å². The van der Waals surface area contributed by atoms with Gasteiger partial charge in [-0.05, 0) is 0 Å².